The molecule has 8 nitrogen and oxygen atoms in total. The van der Waals surface area contributed by atoms with Crippen molar-refractivity contribution in [1.82, 2.24) is 4.90 Å². The number of nitrogens with zero attached hydrogens (tertiary/aromatic N) is 2. The van der Waals surface area contributed by atoms with Crippen LogP contribution in [0.25, 0.3) is 0 Å². The number of alkyl halides is 1. The van der Waals surface area contributed by atoms with Gasteiger partial charge in [0.2, 0.25) is 5.91 Å². The summed E-state index contributed by atoms with van der Waals surface area (Å²) in [6.07, 6.45) is 1.59. The highest BCUT2D eigenvalue weighted by Gasteiger charge is 2.76. The second kappa shape index (κ2) is 8.85. The molecule has 4 rings (SSSR count). The van der Waals surface area contributed by atoms with Crippen molar-refractivity contribution in [2.24, 2.45) is 11.8 Å². The zero-order valence-corrected chi connectivity index (χ0v) is 20.3. The van der Waals surface area contributed by atoms with E-state index in [9.17, 15) is 24.6 Å². The number of aliphatic hydroxyl groups excluding tert-OH is 1. The highest BCUT2D eigenvalue weighted by Crippen LogP contribution is 2.60. The molecule has 1 spiro atoms. The largest absolute Gasteiger partial charge is 0.481 e. The number of rotatable bonds is 8. The summed E-state index contributed by atoms with van der Waals surface area (Å²) in [6.45, 7) is 7.88. The third-order valence-corrected chi connectivity index (χ3v) is 7.94. The number of carboxylic acids is 1. The number of ether oxygens (including phenoxy) is 1. The molecule has 33 heavy (non-hydrogen) atoms. The number of amides is 2. The lowest BCUT2D eigenvalue weighted by atomic mass is 9.70. The molecule has 2 bridgehead atoms. The average Bonchev–Trinajstić information content (AvgIpc) is 3.35. The molecule has 2 amide bonds. The van der Waals surface area contributed by atoms with Gasteiger partial charge in [-0.2, -0.15) is 0 Å². The normalized spacial score (nSPS) is 32.2. The Hall–Kier alpha value is -2.23. The van der Waals surface area contributed by atoms with E-state index in [1.54, 1.807) is 11.0 Å². The maximum absolute atomic E-state index is 14.2. The van der Waals surface area contributed by atoms with E-state index in [0.717, 1.165) is 11.1 Å². The molecule has 6 atom stereocenters. The van der Waals surface area contributed by atoms with Crippen LogP contribution in [0.2, 0.25) is 0 Å². The van der Waals surface area contributed by atoms with Crippen LogP contribution in [0.5, 0.6) is 0 Å². The summed E-state index contributed by atoms with van der Waals surface area (Å²) in [4.78, 5) is 42.7. The second-order valence-electron chi connectivity index (χ2n) is 9.14. The fraction of sp³-hybridized carbons (Fsp3) is 0.542. The van der Waals surface area contributed by atoms with E-state index < -0.39 is 41.5 Å². The van der Waals surface area contributed by atoms with Crippen molar-refractivity contribution in [3.05, 3.63) is 42.0 Å². The molecule has 0 aliphatic carbocycles. The maximum Gasteiger partial charge on any atom is 0.310 e. The van der Waals surface area contributed by atoms with Gasteiger partial charge in [-0.1, -0.05) is 34.1 Å². The molecular formula is C24H29BrN2O6. The first kappa shape index (κ1) is 23.9. The highest BCUT2D eigenvalue weighted by atomic mass is 79.9. The summed E-state index contributed by atoms with van der Waals surface area (Å²) in [5.74, 6) is -3.79. The van der Waals surface area contributed by atoms with Crippen molar-refractivity contribution in [1.29, 1.82) is 0 Å². The Balaban J connectivity index is 1.82. The van der Waals surface area contributed by atoms with E-state index in [-0.39, 0.29) is 36.9 Å². The Bertz CT molecular complexity index is 999. The summed E-state index contributed by atoms with van der Waals surface area (Å²) in [5.41, 5.74) is 1.36. The monoisotopic (exact) mass is 520 g/mol. The molecule has 3 saturated heterocycles. The van der Waals surface area contributed by atoms with Gasteiger partial charge < -0.3 is 24.7 Å². The number of benzene rings is 1. The second-order valence-corrected chi connectivity index (χ2v) is 10.3. The van der Waals surface area contributed by atoms with Gasteiger partial charge in [0.25, 0.3) is 5.91 Å². The molecule has 2 N–H and O–H groups in total. The van der Waals surface area contributed by atoms with E-state index in [2.05, 4.69) is 22.5 Å². The third-order valence-electron chi connectivity index (χ3n) is 7.10. The standard InChI is InChI=1S/C24H29BrN2O6/c1-4-8-26(16-11-13(2)6-7-14(16)3)22(30)20-24-12-15(25)19(33-24)17(23(31)32)18(24)21(29)27(20)9-5-10-28/h4,6-7,11,15,17-20,28H,1,5,8-10,12H2,2-3H3,(H,31,32)/t15?,17-,18-,19-,20?,24?/m0/s1. The topological polar surface area (TPSA) is 107 Å². The van der Waals surface area contributed by atoms with Gasteiger partial charge in [-0.3, -0.25) is 14.4 Å². The van der Waals surface area contributed by atoms with Crippen molar-refractivity contribution in [2.45, 2.75) is 49.3 Å². The fourth-order valence-electron chi connectivity index (χ4n) is 5.77. The molecule has 0 radical (unpaired) electrons. The number of aliphatic carboxylic acids is 1. The predicted octanol–water partition coefficient (Wildman–Crippen LogP) is 2.04. The van der Waals surface area contributed by atoms with Gasteiger partial charge >= 0.3 is 5.97 Å². The Kier molecular flexibility index (Phi) is 6.41. The number of aliphatic hydroxyl groups is 1. The molecule has 1 aromatic carbocycles. The van der Waals surface area contributed by atoms with E-state index in [1.807, 2.05) is 32.0 Å². The smallest absolute Gasteiger partial charge is 0.310 e. The van der Waals surface area contributed by atoms with Crippen LogP contribution >= 0.6 is 15.9 Å². The fourth-order valence-corrected chi connectivity index (χ4v) is 6.71. The molecule has 1 aromatic rings. The number of fused-ring (bicyclic) bond motifs is 1. The lowest BCUT2D eigenvalue weighted by Gasteiger charge is -2.37. The summed E-state index contributed by atoms with van der Waals surface area (Å²) >= 11 is 3.54. The number of anilines is 1. The van der Waals surface area contributed by atoms with Gasteiger partial charge in [0.1, 0.15) is 11.6 Å². The molecule has 0 saturated carbocycles. The highest BCUT2D eigenvalue weighted by molar-refractivity contribution is 9.09. The van der Waals surface area contributed by atoms with Crippen molar-refractivity contribution in [3.63, 3.8) is 0 Å². The number of halogens is 1. The van der Waals surface area contributed by atoms with Crippen molar-refractivity contribution in [3.8, 4) is 0 Å². The quantitative estimate of drug-likeness (QED) is 0.401. The Labute approximate surface area is 201 Å². The number of carboxylic acid groups (broad SMARTS) is 1. The van der Waals surface area contributed by atoms with Gasteiger partial charge in [0.05, 0.1) is 17.9 Å². The average molecular weight is 521 g/mol. The van der Waals surface area contributed by atoms with Crippen LogP contribution in [0.3, 0.4) is 0 Å². The molecule has 0 aromatic heterocycles. The van der Waals surface area contributed by atoms with Crippen LogP contribution in [0, 0.1) is 25.7 Å². The van der Waals surface area contributed by atoms with E-state index >= 15 is 0 Å². The molecule has 9 heteroatoms. The van der Waals surface area contributed by atoms with Gasteiger partial charge in [-0.25, -0.2) is 0 Å². The molecule has 3 aliphatic rings. The SMILES string of the molecule is C=CCN(C(=O)C1N(CCCO)C(=O)[C@@H]2[C@H](C(=O)O)[C@H]3OC12CC3Br)c1cc(C)ccc1C. The lowest BCUT2D eigenvalue weighted by Crippen LogP contribution is -2.57. The Morgan fingerprint density at radius 1 is 1.39 bits per heavy atom. The summed E-state index contributed by atoms with van der Waals surface area (Å²) < 4.78 is 6.28. The van der Waals surface area contributed by atoms with Crippen LogP contribution in [0.4, 0.5) is 5.69 Å². The van der Waals surface area contributed by atoms with Crippen molar-refractivity contribution < 1.29 is 29.3 Å². The third kappa shape index (κ3) is 3.61. The minimum Gasteiger partial charge on any atom is -0.481 e. The first-order valence-electron chi connectivity index (χ1n) is 11.1. The Morgan fingerprint density at radius 2 is 2.12 bits per heavy atom. The van der Waals surface area contributed by atoms with E-state index in [0.29, 0.717) is 12.1 Å². The molecule has 3 unspecified atom stereocenters. The van der Waals surface area contributed by atoms with Crippen molar-refractivity contribution >= 4 is 39.4 Å². The lowest BCUT2D eigenvalue weighted by molar-refractivity contribution is -0.149. The van der Waals surface area contributed by atoms with Crippen LogP contribution in [0.15, 0.2) is 30.9 Å². The molecular weight excluding hydrogens is 492 g/mol. The summed E-state index contributed by atoms with van der Waals surface area (Å²) in [7, 11) is 0. The number of aryl methyl sites for hydroxylation is 2. The summed E-state index contributed by atoms with van der Waals surface area (Å²) in [5, 5.41) is 19.3. The summed E-state index contributed by atoms with van der Waals surface area (Å²) in [6, 6.07) is 4.83. The van der Waals surface area contributed by atoms with Gasteiger partial charge in [-0.05, 0) is 43.9 Å². The minimum atomic E-state index is -1.23. The molecule has 3 heterocycles. The number of carbonyl (C=O) groups excluding carboxylic acids is 2. The minimum absolute atomic E-state index is 0.145. The van der Waals surface area contributed by atoms with Crippen LogP contribution in [-0.2, 0) is 19.1 Å². The number of carbonyl (C=O) groups is 3. The zero-order chi connectivity index (χ0) is 24.1. The van der Waals surface area contributed by atoms with Crippen LogP contribution in [0.1, 0.15) is 24.0 Å². The van der Waals surface area contributed by atoms with Crippen LogP contribution in [-0.4, -0.2) is 75.2 Å². The van der Waals surface area contributed by atoms with Crippen molar-refractivity contribution in [2.75, 3.05) is 24.6 Å². The molecule has 3 fully saturated rings. The number of hydrogen-bond acceptors (Lipinski definition) is 5. The Morgan fingerprint density at radius 3 is 2.76 bits per heavy atom. The van der Waals surface area contributed by atoms with E-state index in [4.69, 9.17) is 4.74 Å². The number of likely N-dealkylation sites (tertiary alicyclic amines) is 1. The first-order valence-corrected chi connectivity index (χ1v) is 12.0. The van der Waals surface area contributed by atoms with E-state index in [1.165, 1.54) is 4.90 Å². The maximum atomic E-state index is 14.2. The first-order chi connectivity index (χ1) is 15.7. The molecule has 3 aliphatic heterocycles. The zero-order valence-electron chi connectivity index (χ0n) is 18.7. The molecule has 178 valence electrons. The van der Waals surface area contributed by atoms with Gasteiger partial charge in [-0.15, -0.1) is 6.58 Å². The van der Waals surface area contributed by atoms with Crippen LogP contribution < -0.4 is 4.90 Å². The van der Waals surface area contributed by atoms with Gasteiger partial charge in [0, 0.05) is 30.2 Å². The predicted molar refractivity (Wildman–Crippen MR) is 125 cm³/mol. The van der Waals surface area contributed by atoms with Gasteiger partial charge in [0.15, 0.2) is 0 Å². The number of hydrogen-bond donors (Lipinski definition) is 2.